The first-order valence-corrected chi connectivity index (χ1v) is 9.80. The summed E-state index contributed by atoms with van der Waals surface area (Å²) in [5, 5.41) is 5.50. The molecule has 1 aliphatic rings. The zero-order chi connectivity index (χ0) is 20.8. The third kappa shape index (κ3) is 3.03. The summed E-state index contributed by atoms with van der Waals surface area (Å²) in [6.45, 7) is 1.14. The first kappa shape index (κ1) is 18.4. The number of aryl methyl sites for hydroxylation is 1. The number of amides is 1. The highest BCUT2D eigenvalue weighted by Crippen LogP contribution is 2.31. The normalized spacial score (nSPS) is 13.5. The maximum atomic E-state index is 13.2. The van der Waals surface area contributed by atoms with E-state index in [0.29, 0.717) is 18.8 Å². The second kappa shape index (κ2) is 7.02. The average Bonchev–Trinajstić information content (AvgIpc) is 3.33. The number of fused-ring (bicyclic) bond motifs is 3. The van der Waals surface area contributed by atoms with Crippen molar-refractivity contribution in [3.63, 3.8) is 0 Å². The molecule has 3 heterocycles. The molecule has 0 unspecified atom stereocenters. The number of ether oxygens (including phenoxy) is 1. The van der Waals surface area contributed by atoms with Gasteiger partial charge in [-0.1, -0.05) is 0 Å². The number of carbonyl (C=O) groups excluding carboxylic acids is 1. The van der Waals surface area contributed by atoms with Crippen LogP contribution < -0.4 is 4.74 Å². The van der Waals surface area contributed by atoms with Crippen molar-refractivity contribution in [2.75, 3.05) is 13.7 Å². The number of nitrogens with zero attached hydrogens (tertiary/aromatic N) is 3. The maximum absolute atomic E-state index is 13.2. The van der Waals surface area contributed by atoms with Gasteiger partial charge < -0.3 is 14.6 Å². The van der Waals surface area contributed by atoms with Gasteiger partial charge in [0.05, 0.1) is 12.8 Å². The summed E-state index contributed by atoms with van der Waals surface area (Å²) >= 11 is 0. The Hall–Kier alpha value is -3.61. The fourth-order valence-corrected chi connectivity index (χ4v) is 4.12. The molecule has 1 N–H and O–H groups in total. The van der Waals surface area contributed by atoms with Crippen molar-refractivity contribution >= 4 is 16.8 Å². The number of aromatic amines is 1. The molecule has 6 nitrogen and oxygen atoms in total. The number of hydrogen-bond donors (Lipinski definition) is 1. The third-order valence-electron chi connectivity index (χ3n) is 5.71. The number of benzene rings is 2. The number of rotatable bonds is 3. The van der Waals surface area contributed by atoms with E-state index in [2.05, 4.69) is 10.1 Å². The molecule has 4 aromatic rings. The van der Waals surface area contributed by atoms with Gasteiger partial charge >= 0.3 is 0 Å². The molecule has 1 amide bonds. The van der Waals surface area contributed by atoms with Gasteiger partial charge in [0.2, 0.25) is 0 Å². The zero-order valence-corrected chi connectivity index (χ0v) is 16.8. The van der Waals surface area contributed by atoms with Crippen LogP contribution >= 0.6 is 0 Å². The minimum absolute atomic E-state index is 0.109. The van der Waals surface area contributed by atoms with Gasteiger partial charge in [0.15, 0.2) is 5.69 Å². The Morgan fingerprint density at radius 1 is 1.17 bits per heavy atom. The molecule has 1 aliphatic heterocycles. The second-order valence-electron chi connectivity index (χ2n) is 7.52. The molecule has 7 heteroatoms. The van der Waals surface area contributed by atoms with Gasteiger partial charge in [-0.15, -0.1) is 0 Å². The number of carbonyl (C=O) groups is 1. The Morgan fingerprint density at radius 2 is 1.97 bits per heavy atom. The molecule has 0 atom stereocenters. The van der Waals surface area contributed by atoms with E-state index in [0.717, 1.165) is 45.6 Å². The summed E-state index contributed by atoms with van der Waals surface area (Å²) in [6.07, 6.45) is 0.760. The smallest absolute Gasteiger partial charge is 0.274 e. The summed E-state index contributed by atoms with van der Waals surface area (Å²) in [6, 6.07) is 13.9. The van der Waals surface area contributed by atoms with Gasteiger partial charge in [-0.3, -0.25) is 9.48 Å². The fraction of sp³-hybridized carbons (Fsp3) is 0.217. The molecule has 152 valence electrons. The Labute approximate surface area is 172 Å². The van der Waals surface area contributed by atoms with Crippen molar-refractivity contribution in [2.24, 2.45) is 7.05 Å². The largest absolute Gasteiger partial charge is 0.497 e. The molecule has 0 fully saturated rings. The Kier molecular flexibility index (Phi) is 4.31. The van der Waals surface area contributed by atoms with Crippen molar-refractivity contribution < 1.29 is 13.9 Å². The Balaban J connectivity index is 1.44. The van der Waals surface area contributed by atoms with Gasteiger partial charge in [-0.05, 0) is 54.1 Å². The molecule has 0 saturated heterocycles. The first-order valence-electron chi connectivity index (χ1n) is 9.80. The van der Waals surface area contributed by atoms with Crippen molar-refractivity contribution in [1.82, 2.24) is 19.7 Å². The lowest BCUT2D eigenvalue weighted by Crippen LogP contribution is -2.36. The van der Waals surface area contributed by atoms with Crippen molar-refractivity contribution in [1.29, 1.82) is 0 Å². The number of hydrogen-bond acceptors (Lipinski definition) is 3. The van der Waals surface area contributed by atoms with Crippen molar-refractivity contribution in [2.45, 2.75) is 13.0 Å². The van der Waals surface area contributed by atoms with E-state index in [1.54, 1.807) is 37.0 Å². The summed E-state index contributed by atoms with van der Waals surface area (Å²) in [4.78, 5) is 18.5. The third-order valence-corrected chi connectivity index (χ3v) is 5.71. The predicted molar refractivity (Wildman–Crippen MR) is 112 cm³/mol. The minimum atomic E-state index is -0.295. The van der Waals surface area contributed by atoms with Crippen LogP contribution in [0.4, 0.5) is 4.39 Å². The highest BCUT2D eigenvalue weighted by atomic mass is 19.1. The molecule has 0 bridgehead atoms. The van der Waals surface area contributed by atoms with E-state index in [4.69, 9.17) is 4.74 Å². The number of aromatic nitrogens is 3. The van der Waals surface area contributed by atoms with Crippen LogP contribution in [0.15, 0.2) is 48.5 Å². The molecule has 5 rings (SSSR count). The molecule has 2 aromatic carbocycles. The van der Waals surface area contributed by atoms with E-state index in [9.17, 15) is 9.18 Å². The van der Waals surface area contributed by atoms with Crippen LogP contribution in [0.1, 0.15) is 21.7 Å². The van der Waals surface area contributed by atoms with Gasteiger partial charge in [-0.25, -0.2) is 4.39 Å². The van der Waals surface area contributed by atoms with Gasteiger partial charge in [0.1, 0.15) is 11.6 Å². The van der Waals surface area contributed by atoms with Crippen molar-refractivity contribution in [3.8, 4) is 17.0 Å². The maximum Gasteiger partial charge on any atom is 0.274 e. The Bertz CT molecular complexity index is 1260. The Morgan fingerprint density at radius 3 is 2.73 bits per heavy atom. The van der Waals surface area contributed by atoms with Crippen LogP contribution in [-0.2, 0) is 20.0 Å². The van der Waals surface area contributed by atoms with Crippen LogP contribution in [0.2, 0.25) is 0 Å². The van der Waals surface area contributed by atoms with Gasteiger partial charge in [-0.2, -0.15) is 5.10 Å². The summed E-state index contributed by atoms with van der Waals surface area (Å²) in [7, 11) is 3.44. The minimum Gasteiger partial charge on any atom is -0.497 e. The van der Waals surface area contributed by atoms with Crippen LogP contribution in [0.5, 0.6) is 5.75 Å². The number of nitrogens with one attached hydrogen (secondary N) is 1. The molecule has 0 radical (unpaired) electrons. The predicted octanol–water partition coefficient (Wildman–Crippen LogP) is 3.91. The second-order valence-corrected chi connectivity index (χ2v) is 7.52. The quantitative estimate of drug-likeness (QED) is 0.563. The highest BCUT2D eigenvalue weighted by molar-refractivity contribution is 5.94. The fourth-order valence-electron chi connectivity index (χ4n) is 4.12. The first-order chi connectivity index (χ1) is 14.5. The lowest BCUT2D eigenvalue weighted by molar-refractivity contribution is 0.0728. The molecular formula is C23H21FN4O2. The van der Waals surface area contributed by atoms with E-state index in [1.165, 1.54) is 12.1 Å². The number of H-pyrrole nitrogens is 1. The van der Waals surface area contributed by atoms with Crippen molar-refractivity contribution in [3.05, 3.63) is 71.3 Å². The average molecular weight is 404 g/mol. The van der Waals surface area contributed by atoms with Crippen LogP contribution in [0, 0.1) is 5.82 Å². The number of methoxy groups -OCH3 is 1. The molecule has 0 spiro atoms. The van der Waals surface area contributed by atoms with E-state index >= 15 is 0 Å². The molecule has 2 aromatic heterocycles. The molecular weight excluding hydrogens is 383 g/mol. The molecule has 0 saturated carbocycles. The number of halogens is 1. The van der Waals surface area contributed by atoms with E-state index in [1.807, 2.05) is 23.1 Å². The monoisotopic (exact) mass is 404 g/mol. The van der Waals surface area contributed by atoms with E-state index < -0.39 is 0 Å². The lowest BCUT2D eigenvalue weighted by Gasteiger charge is -2.26. The zero-order valence-electron chi connectivity index (χ0n) is 16.8. The van der Waals surface area contributed by atoms with Gasteiger partial charge in [0, 0.05) is 48.7 Å². The van der Waals surface area contributed by atoms with Crippen LogP contribution in [0.25, 0.3) is 22.2 Å². The molecule has 30 heavy (non-hydrogen) atoms. The SMILES string of the molecule is COc1ccc2[nH]c3c(c2c1)CN(C(=O)c1cc(-c2ccc(F)cc2)n(C)n1)CC3. The summed E-state index contributed by atoms with van der Waals surface area (Å²) in [5.74, 6) is 0.389. The lowest BCUT2D eigenvalue weighted by atomic mass is 10.0. The van der Waals surface area contributed by atoms with Crippen LogP contribution in [0.3, 0.4) is 0 Å². The summed E-state index contributed by atoms with van der Waals surface area (Å²) in [5.41, 5.74) is 5.31. The van der Waals surface area contributed by atoms with Gasteiger partial charge in [0.25, 0.3) is 5.91 Å². The van der Waals surface area contributed by atoms with E-state index in [-0.39, 0.29) is 11.7 Å². The topological polar surface area (TPSA) is 63.1 Å². The summed E-state index contributed by atoms with van der Waals surface area (Å²) < 4.78 is 20.3. The molecule has 0 aliphatic carbocycles. The standard InChI is InChI=1S/C23H21FN4O2/c1-27-22(14-3-5-15(24)6-4-14)12-21(26-27)23(29)28-10-9-20-18(13-28)17-11-16(30-2)7-8-19(17)25-20/h3-8,11-12,25H,9-10,13H2,1-2H3. The highest BCUT2D eigenvalue weighted by Gasteiger charge is 2.27. The van der Waals surface area contributed by atoms with Crippen LogP contribution in [-0.4, -0.2) is 39.2 Å².